The van der Waals surface area contributed by atoms with Gasteiger partial charge in [0.1, 0.15) is 5.82 Å². The standard InChI is InChI=1S/C18H16N6O2/c1-23(2)12-5-3-11(4-6-12)20-17-13-7-8-19-10-15(13)24-16(21-17)9-14(22-24)18(25)26/h3-10H,1-2H3,(H,20,21)(H,25,26). The van der Waals surface area contributed by atoms with Crippen LogP contribution in [0.25, 0.3) is 16.6 Å². The molecule has 4 aromatic rings. The molecule has 4 rings (SSSR count). The summed E-state index contributed by atoms with van der Waals surface area (Å²) in [7, 11) is 3.97. The van der Waals surface area contributed by atoms with Gasteiger partial charge in [0, 0.05) is 43.1 Å². The zero-order chi connectivity index (χ0) is 18.3. The van der Waals surface area contributed by atoms with Crippen LogP contribution in [0.3, 0.4) is 0 Å². The molecule has 0 saturated heterocycles. The molecule has 0 aliphatic carbocycles. The Kier molecular flexibility index (Phi) is 3.65. The molecule has 0 radical (unpaired) electrons. The lowest BCUT2D eigenvalue weighted by Crippen LogP contribution is -2.08. The Balaban J connectivity index is 1.84. The van der Waals surface area contributed by atoms with Gasteiger partial charge in [0.05, 0.1) is 11.7 Å². The van der Waals surface area contributed by atoms with Gasteiger partial charge in [-0.1, -0.05) is 0 Å². The summed E-state index contributed by atoms with van der Waals surface area (Å²) in [5, 5.41) is 17.4. The smallest absolute Gasteiger partial charge is 0.356 e. The minimum atomic E-state index is -1.10. The van der Waals surface area contributed by atoms with Gasteiger partial charge in [0.2, 0.25) is 0 Å². The van der Waals surface area contributed by atoms with Crippen molar-refractivity contribution >= 4 is 39.7 Å². The van der Waals surface area contributed by atoms with E-state index in [1.807, 2.05) is 49.3 Å². The first kappa shape index (κ1) is 15.8. The minimum Gasteiger partial charge on any atom is -0.476 e. The molecule has 0 spiro atoms. The SMILES string of the molecule is CN(C)c1ccc(Nc2nc3cc(C(=O)O)nn3c3cnccc23)cc1. The summed E-state index contributed by atoms with van der Waals surface area (Å²) in [6, 6.07) is 11.2. The molecule has 8 nitrogen and oxygen atoms in total. The number of nitrogens with one attached hydrogen (secondary N) is 1. The molecule has 0 amide bonds. The lowest BCUT2D eigenvalue weighted by molar-refractivity contribution is 0.0690. The zero-order valence-corrected chi connectivity index (χ0v) is 14.2. The average Bonchev–Trinajstić information content (AvgIpc) is 3.07. The number of fused-ring (bicyclic) bond motifs is 3. The van der Waals surface area contributed by atoms with Crippen LogP contribution in [0.2, 0.25) is 0 Å². The Bertz CT molecular complexity index is 1120. The average molecular weight is 348 g/mol. The molecule has 130 valence electrons. The van der Waals surface area contributed by atoms with Crippen molar-refractivity contribution < 1.29 is 9.90 Å². The molecule has 0 bridgehead atoms. The maximum atomic E-state index is 11.2. The number of carbonyl (C=O) groups is 1. The molecular weight excluding hydrogens is 332 g/mol. The Morgan fingerprint density at radius 1 is 1.19 bits per heavy atom. The third-order valence-corrected chi connectivity index (χ3v) is 4.07. The van der Waals surface area contributed by atoms with Crippen LogP contribution in [0.4, 0.5) is 17.2 Å². The molecule has 0 atom stereocenters. The maximum Gasteiger partial charge on any atom is 0.356 e. The van der Waals surface area contributed by atoms with Gasteiger partial charge >= 0.3 is 5.97 Å². The van der Waals surface area contributed by atoms with E-state index in [1.165, 1.54) is 10.6 Å². The number of aromatic carboxylic acids is 1. The second-order valence-corrected chi connectivity index (χ2v) is 6.02. The number of anilines is 3. The topological polar surface area (TPSA) is 95.7 Å². The fourth-order valence-electron chi connectivity index (χ4n) is 2.74. The third kappa shape index (κ3) is 2.67. The Hall–Kier alpha value is -3.68. The van der Waals surface area contributed by atoms with E-state index < -0.39 is 5.97 Å². The molecule has 0 aliphatic heterocycles. The highest BCUT2D eigenvalue weighted by molar-refractivity contribution is 5.94. The fourth-order valence-corrected chi connectivity index (χ4v) is 2.74. The molecule has 0 fully saturated rings. The minimum absolute atomic E-state index is 0.0601. The van der Waals surface area contributed by atoms with E-state index in [-0.39, 0.29) is 5.69 Å². The number of rotatable bonds is 4. The van der Waals surface area contributed by atoms with E-state index in [0.29, 0.717) is 17.0 Å². The molecule has 8 heteroatoms. The first-order valence-corrected chi connectivity index (χ1v) is 7.94. The van der Waals surface area contributed by atoms with Crippen LogP contribution in [0.5, 0.6) is 0 Å². The van der Waals surface area contributed by atoms with E-state index in [2.05, 4.69) is 20.4 Å². The molecule has 2 N–H and O–H groups in total. The predicted octanol–water partition coefficient (Wildman–Crippen LogP) is 2.79. The summed E-state index contributed by atoms with van der Waals surface area (Å²) in [4.78, 5) is 21.9. The van der Waals surface area contributed by atoms with Gasteiger partial charge in [-0.15, -0.1) is 0 Å². The van der Waals surface area contributed by atoms with Crippen LogP contribution in [0.1, 0.15) is 10.5 Å². The van der Waals surface area contributed by atoms with Crippen LogP contribution in [0.15, 0.2) is 48.8 Å². The quantitative estimate of drug-likeness (QED) is 0.585. The van der Waals surface area contributed by atoms with Gasteiger partial charge in [0.25, 0.3) is 0 Å². The summed E-state index contributed by atoms with van der Waals surface area (Å²) in [5.74, 6) is -0.481. The van der Waals surface area contributed by atoms with Crippen molar-refractivity contribution in [2.75, 3.05) is 24.3 Å². The van der Waals surface area contributed by atoms with E-state index in [1.54, 1.807) is 12.4 Å². The van der Waals surface area contributed by atoms with Crippen molar-refractivity contribution in [3.8, 4) is 0 Å². The second-order valence-electron chi connectivity index (χ2n) is 6.02. The Morgan fingerprint density at radius 3 is 2.65 bits per heavy atom. The summed E-state index contributed by atoms with van der Waals surface area (Å²) in [6.07, 6.45) is 3.31. The summed E-state index contributed by atoms with van der Waals surface area (Å²) >= 11 is 0. The molecule has 0 unspecified atom stereocenters. The van der Waals surface area contributed by atoms with Crippen molar-refractivity contribution in [2.45, 2.75) is 0 Å². The number of carboxylic acids is 1. The Labute approximate surface area is 148 Å². The van der Waals surface area contributed by atoms with Gasteiger partial charge in [-0.05, 0) is 30.3 Å². The molecular formula is C18H16N6O2. The van der Waals surface area contributed by atoms with Crippen molar-refractivity contribution in [1.82, 2.24) is 19.6 Å². The number of nitrogens with zero attached hydrogens (tertiary/aromatic N) is 5. The maximum absolute atomic E-state index is 11.2. The number of hydrogen-bond acceptors (Lipinski definition) is 6. The highest BCUT2D eigenvalue weighted by Crippen LogP contribution is 2.26. The highest BCUT2D eigenvalue weighted by atomic mass is 16.4. The van der Waals surface area contributed by atoms with E-state index in [4.69, 9.17) is 0 Å². The number of pyridine rings is 1. The van der Waals surface area contributed by atoms with E-state index >= 15 is 0 Å². The summed E-state index contributed by atoms with van der Waals surface area (Å²) < 4.78 is 1.49. The summed E-state index contributed by atoms with van der Waals surface area (Å²) in [6.45, 7) is 0. The van der Waals surface area contributed by atoms with E-state index in [9.17, 15) is 9.90 Å². The molecule has 26 heavy (non-hydrogen) atoms. The van der Waals surface area contributed by atoms with Gasteiger partial charge in [-0.2, -0.15) is 5.10 Å². The number of carboxylic acid groups (broad SMARTS) is 1. The van der Waals surface area contributed by atoms with Gasteiger partial charge in [-0.3, -0.25) is 4.98 Å². The largest absolute Gasteiger partial charge is 0.476 e. The molecule has 1 aromatic carbocycles. The van der Waals surface area contributed by atoms with Crippen LogP contribution in [-0.4, -0.2) is 44.8 Å². The number of aromatic nitrogens is 4. The van der Waals surface area contributed by atoms with Gasteiger partial charge in [0.15, 0.2) is 11.3 Å². The van der Waals surface area contributed by atoms with Crippen LogP contribution < -0.4 is 10.2 Å². The second kappa shape index (κ2) is 5.99. The first-order valence-electron chi connectivity index (χ1n) is 7.94. The number of hydrogen-bond donors (Lipinski definition) is 2. The van der Waals surface area contributed by atoms with Crippen molar-refractivity contribution in [2.24, 2.45) is 0 Å². The number of benzene rings is 1. The first-order chi connectivity index (χ1) is 12.5. The normalized spacial score (nSPS) is 11.0. The van der Waals surface area contributed by atoms with Crippen LogP contribution in [-0.2, 0) is 0 Å². The molecule has 3 heterocycles. The molecule has 3 aromatic heterocycles. The Morgan fingerprint density at radius 2 is 1.96 bits per heavy atom. The van der Waals surface area contributed by atoms with E-state index in [0.717, 1.165) is 16.8 Å². The van der Waals surface area contributed by atoms with Crippen molar-refractivity contribution in [3.63, 3.8) is 0 Å². The predicted molar refractivity (Wildman–Crippen MR) is 99.3 cm³/mol. The van der Waals surface area contributed by atoms with Crippen LogP contribution >= 0.6 is 0 Å². The van der Waals surface area contributed by atoms with Crippen molar-refractivity contribution in [3.05, 3.63) is 54.5 Å². The third-order valence-electron chi connectivity index (χ3n) is 4.07. The van der Waals surface area contributed by atoms with Crippen LogP contribution in [0, 0.1) is 0 Å². The molecule has 0 aliphatic rings. The highest BCUT2D eigenvalue weighted by Gasteiger charge is 2.15. The van der Waals surface area contributed by atoms with Gasteiger partial charge < -0.3 is 15.3 Å². The lowest BCUT2D eigenvalue weighted by atomic mass is 10.2. The summed E-state index contributed by atoms with van der Waals surface area (Å²) in [5.41, 5.74) is 3.03. The molecule has 0 saturated carbocycles. The zero-order valence-electron chi connectivity index (χ0n) is 14.2. The lowest BCUT2D eigenvalue weighted by Gasteiger charge is -2.14. The monoisotopic (exact) mass is 348 g/mol. The van der Waals surface area contributed by atoms with Gasteiger partial charge in [-0.25, -0.2) is 14.3 Å². The fraction of sp³-hybridized carbons (Fsp3) is 0.111. The van der Waals surface area contributed by atoms with Crippen molar-refractivity contribution in [1.29, 1.82) is 0 Å².